The lowest BCUT2D eigenvalue weighted by atomic mass is 10.0. The molecule has 0 saturated carbocycles. The van der Waals surface area contributed by atoms with Gasteiger partial charge in [-0.05, 0) is 45.2 Å². The molecule has 0 amide bonds. The lowest BCUT2D eigenvalue weighted by molar-refractivity contribution is 0.0433. The molecule has 284 valence electrons. The van der Waals surface area contributed by atoms with Gasteiger partial charge in [0.25, 0.3) is 11.1 Å². The number of fused-ring (bicyclic) bond motifs is 2. The summed E-state index contributed by atoms with van der Waals surface area (Å²) >= 11 is 0. The number of nitrogens with two attached hydrogens (primary N) is 2. The Kier molecular flexibility index (Phi) is 13.5. The number of H-pyrrole nitrogens is 4. The Morgan fingerprint density at radius 3 is 1.71 bits per heavy atom. The monoisotopic (exact) mass is 752 g/mol. The fourth-order valence-corrected chi connectivity index (χ4v) is 6.61. The molecule has 2 saturated heterocycles. The first-order chi connectivity index (χ1) is 23.9. The lowest BCUT2D eigenvalue weighted by Gasteiger charge is -2.18. The van der Waals surface area contributed by atoms with E-state index < -0.39 is 14.3 Å². The van der Waals surface area contributed by atoms with Crippen molar-refractivity contribution in [2.75, 3.05) is 83.4 Å². The Balaban J connectivity index is 0.000000201. The van der Waals surface area contributed by atoms with Gasteiger partial charge in [-0.15, -0.1) is 0 Å². The summed E-state index contributed by atoms with van der Waals surface area (Å²) < 4.78 is 28.2. The largest absolute Gasteiger partial charge is 0.396 e. The molecule has 51 heavy (non-hydrogen) atoms. The second-order valence-corrected chi connectivity index (χ2v) is 21.5. The average molecular weight is 753 g/mol. The number of rotatable bonds is 10. The third-order valence-corrected chi connectivity index (χ3v) is 11.4. The summed E-state index contributed by atoms with van der Waals surface area (Å²) in [5.74, 6) is 0.493. The predicted octanol–water partition coefficient (Wildman–Crippen LogP) is 1.89. The molecule has 2 fully saturated rings. The van der Waals surface area contributed by atoms with E-state index in [2.05, 4.69) is 46.6 Å². The molecule has 0 aliphatic carbocycles. The van der Waals surface area contributed by atoms with Gasteiger partial charge in [-0.2, -0.15) is 0 Å². The number of aromatic nitrogens is 6. The topological polar surface area (TPSA) is 265 Å². The van der Waals surface area contributed by atoms with E-state index in [-0.39, 0.29) is 54.1 Å². The molecule has 0 aromatic carbocycles. The molecular formula is C32H54N10O7P2. The van der Waals surface area contributed by atoms with Crippen molar-refractivity contribution in [3.05, 3.63) is 44.2 Å². The van der Waals surface area contributed by atoms with Crippen molar-refractivity contribution in [3.8, 4) is 0 Å². The van der Waals surface area contributed by atoms with Crippen LogP contribution in [0.15, 0.2) is 22.0 Å². The highest BCUT2D eigenvalue weighted by molar-refractivity contribution is 7.62. The fourth-order valence-electron chi connectivity index (χ4n) is 6.06. The van der Waals surface area contributed by atoms with Crippen molar-refractivity contribution in [1.82, 2.24) is 39.7 Å². The highest BCUT2D eigenvalue weighted by atomic mass is 31.2. The number of aromatic amines is 4. The Bertz CT molecular complexity index is 1980. The maximum absolute atomic E-state index is 11.9. The maximum Gasteiger partial charge on any atom is 0.276 e. The first kappa shape index (κ1) is 40.5. The number of hydrogen-bond donors (Lipinski definition) is 8. The van der Waals surface area contributed by atoms with E-state index in [1.165, 1.54) is 0 Å². The number of hydrogen-bond acceptors (Lipinski definition) is 13. The summed E-state index contributed by atoms with van der Waals surface area (Å²) in [6.45, 7) is 15.0. The molecule has 4 aromatic heterocycles. The summed E-state index contributed by atoms with van der Waals surface area (Å²) in [4.78, 5) is 47.1. The van der Waals surface area contributed by atoms with Crippen molar-refractivity contribution < 1.29 is 24.1 Å². The molecule has 4 atom stereocenters. The molecule has 2 aliphatic heterocycles. The van der Waals surface area contributed by atoms with E-state index in [1.54, 1.807) is 39.1 Å². The normalized spacial score (nSPS) is 21.5. The number of nitrogen functional groups attached to an aromatic ring is 2. The minimum Gasteiger partial charge on any atom is -0.396 e. The molecule has 6 heterocycles. The number of β-amino-alcohol motifs (C(OH)–C–C–N with tert-alkyl or cyclic N) is 1. The zero-order valence-electron chi connectivity index (χ0n) is 30.3. The van der Waals surface area contributed by atoms with Crippen LogP contribution in [0, 0.1) is 11.8 Å². The molecular weight excluding hydrogens is 698 g/mol. The molecule has 0 radical (unpaired) electrons. The van der Waals surface area contributed by atoms with Crippen LogP contribution in [-0.2, 0) is 27.0 Å². The second-order valence-electron chi connectivity index (χ2n) is 14.3. The molecule has 19 heteroatoms. The zero-order chi connectivity index (χ0) is 37.7. The van der Waals surface area contributed by atoms with Crippen LogP contribution in [0.2, 0.25) is 0 Å². The number of nitrogens with one attached hydrogen (secondary N) is 4. The Morgan fingerprint density at radius 2 is 1.29 bits per heavy atom. The Labute approximate surface area is 296 Å². The van der Waals surface area contributed by atoms with Crippen LogP contribution in [0.4, 0.5) is 11.9 Å². The van der Waals surface area contributed by atoms with Crippen LogP contribution >= 0.6 is 14.3 Å². The number of nitrogens with zero attached hydrogens (tertiary/aromatic N) is 4. The highest BCUT2D eigenvalue weighted by Crippen LogP contribution is 2.37. The van der Waals surface area contributed by atoms with Crippen LogP contribution in [-0.4, -0.2) is 134 Å². The summed E-state index contributed by atoms with van der Waals surface area (Å²) in [5.41, 5.74) is 14.5. The molecule has 10 N–H and O–H groups in total. The molecule has 4 aromatic rings. The third kappa shape index (κ3) is 11.1. The van der Waals surface area contributed by atoms with Gasteiger partial charge in [0.05, 0.1) is 25.7 Å². The van der Waals surface area contributed by atoms with Gasteiger partial charge in [0.15, 0.2) is 0 Å². The van der Waals surface area contributed by atoms with Crippen molar-refractivity contribution in [2.45, 2.75) is 45.6 Å². The van der Waals surface area contributed by atoms with Crippen molar-refractivity contribution in [1.29, 1.82) is 0 Å². The summed E-state index contributed by atoms with van der Waals surface area (Å²) in [6, 6.07) is 0. The highest BCUT2D eigenvalue weighted by Gasteiger charge is 2.34. The smallest absolute Gasteiger partial charge is 0.276 e. The Morgan fingerprint density at radius 1 is 0.824 bits per heavy atom. The molecule has 0 spiro atoms. The lowest BCUT2D eigenvalue weighted by Crippen LogP contribution is -2.26. The number of anilines is 2. The minimum absolute atomic E-state index is 0.0116. The predicted molar refractivity (Wildman–Crippen MR) is 202 cm³/mol. The van der Waals surface area contributed by atoms with Crippen molar-refractivity contribution >= 4 is 48.2 Å². The van der Waals surface area contributed by atoms with Gasteiger partial charge in [-0.25, -0.2) is 9.97 Å². The van der Waals surface area contributed by atoms with Crippen LogP contribution in [0.5, 0.6) is 0 Å². The number of ether oxygens (including phenoxy) is 1. The Hall–Kier alpha value is -3.30. The molecule has 4 unspecified atom stereocenters. The summed E-state index contributed by atoms with van der Waals surface area (Å²) in [7, 11) is -3.91. The van der Waals surface area contributed by atoms with Crippen LogP contribution in [0.1, 0.15) is 31.4 Å². The van der Waals surface area contributed by atoms with E-state index in [1.807, 2.05) is 6.92 Å². The van der Waals surface area contributed by atoms with Crippen LogP contribution < -0.4 is 22.6 Å². The van der Waals surface area contributed by atoms with Gasteiger partial charge in [0.1, 0.15) is 29.2 Å². The second kappa shape index (κ2) is 17.0. The minimum atomic E-state index is -2.26. The first-order valence-electron chi connectivity index (χ1n) is 17.1. The molecule has 0 bridgehead atoms. The zero-order valence-corrected chi connectivity index (χ0v) is 32.1. The SMILES string of the molecule is CCC1CN(Cc2c[nH]c3c(=O)[nH]c(N)nc23)CC1O.CCP(C)(C)=O.CP(C)(=O)COC1CN(Cc2c[nH]c3c(=O)[nH]c(N)nc23)CC1CO. The number of aliphatic hydroxyl groups excluding tert-OH is 2. The third-order valence-electron chi connectivity index (χ3n) is 9.11. The van der Waals surface area contributed by atoms with Gasteiger partial charge < -0.3 is 45.5 Å². The van der Waals surface area contributed by atoms with Gasteiger partial charge in [-0.3, -0.25) is 29.4 Å². The van der Waals surface area contributed by atoms with Crippen molar-refractivity contribution in [3.63, 3.8) is 0 Å². The van der Waals surface area contributed by atoms with E-state index >= 15 is 0 Å². The fraction of sp³-hybridized carbons (Fsp3) is 0.625. The standard InChI is InChI=1S/C15H24N5O4P.C13H19N5O2.C4H11OP/c1-25(2,23)8-24-11-6-20(5-10(11)7-21)4-9-3-17-13-12(9)18-15(16)19-14(13)22;1-2-7-4-18(6-9(7)19)5-8-3-15-11-10(8)16-13(14)17-12(11)20;1-4-6(2,3)5/h3,10-11,17,21H,4-8H2,1-2H3,(H3,16,18,19,22);3,7,9,15,19H,2,4-6H2,1H3,(H3,14,16,17,20);4H2,1-3H3. The molecule has 6 rings (SSSR count). The number of aliphatic hydroxyl groups is 2. The van der Waals surface area contributed by atoms with Gasteiger partial charge in [0, 0.05) is 75.3 Å². The quantitative estimate of drug-likeness (QED) is 0.108. The van der Waals surface area contributed by atoms with Gasteiger partial charge in [0.2, 0.25) is 11.9 Å². The summed E-state index contributed by atoms with van der Waals surface area (Å²) in [6.07, 6.45) is 5.11. The number of likely N-dealkylation sites (tertiary alicyclic amines) is 2. The van der Waals surface area contributed by atoms with E-state index in [4.69, 9.17) is 16.2 Å². The van der Waals surface area contributed by atoms with E-state index in [0.29, 0.717) is 60.7 Å². The summed E-state index contributed by atoms with van der Waals surface area (Å²) in [5, 5.41) is 19.5. The maximum atomic E-state index is 11.9. The first-order valence-corrected chi connectivity index (χ1v) is 22.6. The molecule has 17 nitrogen and oxygen atoms in total. The van der Waals surface area contributed by atoms with Gasteiger partial charge in [-0.1, -0.05) is 13.8 Å². The van der Waals surface area contributed by atoms with Crippen LogP contribution in [0.25, 0.3) is 22.1 Å². The average Bonchev–Trinajstić information content (AvgIpc) is 3.82. The van der Waals surface area contributed by atoms with E-state index in [0.717, 1.165) is 30.3 Å². The van der Waals surface area contributed by atoms with Crippen molar-refractivity contribution in [2.24, 2.45) is 11.8 Å². The van der Waals surface area contributed by atoms with Gasteiger partial charge >= 0.3 is 0 Å². The molecule has 2 aliphatic rings. The van der Waals surface area contributed by atoms with E-state index in [9.17, 15) is 28.9 Å². The van der Waals surface area contributed by atoms with Crippen LogP contribution in [0.3, 0.4) is 0 Å².